The molecule has 0 unspecified atom stereocenters. The van der Waals surface area contributed by atoms with Gasteiger partial charge >= 0.3 is 0 Å². The van der Waals surface area contributed by atoms with Crippen LogP contribution in [-0.4, -0.2) is 18.4 Å². The van der Waals surface area contributed by atoms with E-state index in [0.29, 0.717) is 39.3 Å². The molecule has 0 saturated carbocycles. The Kier molecular flexibility index (Phi) is 6.04. The van der Waals surface area contributed by atoms with Crippen LogP contribution in [0, 0.1) is 11.3 Å². The van der Waals surface area contributed by atoms with Crippen molar-refractivity contribution in [1.29, 1.82) is 5.26 Å². The molecule has 0 aliphatic carbocycles. The van der Waals surface area contributed by atoms with Crippen LogP contribution in [0.2, 0.25) is 10.0 Å². The standard InChI is InChI=1S/C24H17Cl2N3O3/c25-17-5-7-21(15(8-17)12-27)32-22-11-18(26)4-6-20(22)16-10-23(30)29(13-16)19-3-1-2-14(9-19)24(28)31/h1-9,11,16H,10,13H2,(H2,28,31)/t16-/m0/s1. The fraction of sp³-hybridized carbons (Fsp3) is 0.125. The van der Waals surface area contributed by atoms with E-state index < -0.39 is 5.91 Å². The molecular weight excluding hydrogens is 449 g/mol. The van der Waals surface area contributed by atoms with Crippen molar-refractivity contribution >= 4 is 40.7 Å². The van der Waals surface area contributed by atoms with Crippen molar-refractivity contribution in [3.8, 4) is 17.6 Å². The lowest BCUT2D eigenvalue weighted by Gasteiger charge is -2.19. The van der Waals surface area contributed by atoms with Crippen LogP contribution >= 0.6 is 23.2 Å². The van der Waals surface area contributed by atoms with E-state index in [9.17, 15) is 14.9 Å². The molecule has 1 atom stereocenters. The van der Waals surface area contributed by atoms with Gasteiger partial charge in [-0.05, 0) is 48.5 Å². The van der Waals surface area contributed by atoms with Crippen LogP contribution in [0.3, 0.4) is 0 Å². The molecule has 2 amide bonds. The Bertz CT molecular complexity index is 1270. The zero-order valence-corrected chi connectivity index (χ0v) is 18.2. The fourth-order valence-electron chi connectivity index (χ4n) is 3.72. The van der Waals surface area contributed by atoms with Crippen LogP contribution in [0.5, 0.6) is 11.5 Å². The number of nitrogens with zero attached hydrogens (tertiary/aromatic N) is 2. The molecule has 1 aliphatic rings. The highest BCUT2D eigenvalue weighted by atomic mass is 35.5. The quantitative estimate of drug-likeness (QED) is 0.554. The average Bonchev–Trinajstić information content (AvgIpc) is 3.16. The number of ether oxygens (including phenoxy) is 1. The van der Waals surface area contributed by atoms with E-state index in [4.69, 9.17) is 33.7 Å². The van der Waals surface area contributed by atoms with Crippen molar-refractivity contribution in [3.63, 3.8) is 0 Å². The van der Waals surface area contributed by atoms with Crippen LogP contribution in [0.25, 0.3) is 0 Å². The predicted molar refractivity (Wildman–Crippen MR) is 122 cm³/mol. The second-order valence-electron chi connectivity index (χ2n) is 7.36. The molecule has 32 heavy (non-hydrogen) atoms. The first-order chi connectivity index (χ1) is 15.4. The number of primary amides is 1. The summed E-state index contributed by atoms with van der Waals surface area (Å²) < 4.78 is 6.05. The number of halogens is 2. The maximum atomic E-state index is 12.8. The van der Waals surface area contributed by atoms with Gasteiger partial charge in [0.1, 0.15) is 17.6 Å². The number of anilines is 1. The van der Waals surface area contributed by atoms with Crippen molar-refractivity contribution in [1.82, 2.24) is 0 Å². The number of benzene rings is 3. The third-order valence-corrected chi connectivity index (χ3v) is 5.73. The Balaban J connectivity index is 1.65. The largest absolute Gasteiger partial charge is 0.456 e. The highest BCUT2D eigenvalue weighted by Gasteiger charge is 2.33. The summed E-state index contributed by atoms with van der Waals surface area (Å²) in [6, 6.07) is 18.7. The highest BCUT2D eigenvalue weighted by Crippen LogP contribution is 2.40. The van der Waals surface area contributed by atoms with Gasteiger partial charge in [0.25, 0.3) is 0 Å². The molecule has 1 fully saturated rings. The van der Waals surface area contributed by atoms with Crippen molar-refractivity contribution in [3.05, 3.63) is 87.4 Å². The Labute approximate surface area is 194 Å². The van der Waals surface area contributed by atoms with Gasteiger partial charge in [-0.2, -0.15) is 5.26 Å². The monoisotopic (exact) mass is 465 g/mol. The third kappa shape index (κ3) is 4.40. The van der Waals surface area contributed by atoms with Crippen LogP contribution < -0.4 is 15.4 Å². The molecule has 1 saturated heterocycles. The van der Waals surface area contributed by atoms with Gasteiger partial charge in [-0.15, -0.1) is 0 Å². The maximum Gasteiger partial charge on any atom is 0.248 e. The highest BCUT2D eigenvalue weighted by molar-refractivity contribution is 6.31. The van der Waals surface area contributed by atoms with Gasteiger partial charge in [-0.1, -0.05) is 35.3 Å². The molecule has 0 radical (unpaired) electrons. The second kappa shape index (κ2) is 8.91. The number of hydrogen-bond acceptors (Lipinski definition) is 4. The van der Waals surface area contributed by atoms with Gasteiger partial charge in [0, 0.05) is 45.7 Å². The number of nitriles is 1. The van der Waals surface area contributed by atoms with Gasteiger partial charge < -0.3 is 15.4 Å². The molecule has 0 bridgehead atoms. The summed E-state index contributed by atoms with van der Waals surface area (Å²) >= 11 is 12.2. The van der Waals surface area contributed by atoms with Gasteiger partial charge in [0.2, 0.25) is 11.8 Å². The summed E-state index contributed by atoms with van der Waals surface area (Å²) in [4.78, 5) is 25.9. The molecule has 1 heterocycles. The summed E-state index contributed by atoms with van der Waals surface area (Å²) in [5, 5.41) is 10.3. The molecule has 4 rings (SSSR count). The zero-order chi connectivity index (χ0) is 22.8. The van der Waals surface area contributed by atoms with Crippen LogP contribution in [0.1, 0.15) is 33.8 Å². The third-order valence-electron chi connectivity index (χ3n) is 5.26. The first-order valence-corrected chi connectivity index (χ1v) is 10.5. The van der Waals surface area contributed by atoms with Gasteiger partial charge in [0.05, 0.1) is 5.56 Å². The van der Waals surface area contributed by atoms with Gasteiger partial charge in [0.15, 0.2) is 0 Å². The first kappa shape index (κ1) is 21.7. The van der Waals surface area contributed by atoms with E-state index in [0.717, 1.165) is 5.56 Å². The molecule has 8 heteroatoms. The smallest absolute Gasteiger partial charge is 0.248 e. The SMILES string of the molecule is N#Cc1cc(Cl)ccc1Oc1cc(Cl)ccc1[C@H]1CC(=O)N(c2cccc(C(N)=O)c2)C1. The molecule has 3 aromatic rings. The molecule has 0 aromatic heterocycles. The molecule has 0 spiro atoms. The minimum absolute atomic E-state index is 0.0817. The zero-order valence-electron chi connectivity index (χ0n) is 16.7. The molecule has 160 valence electrons. The van der Waals surface area contributed by atoms with E-state index in [1.54, 1.807) is 53.4 Å². The predicted octanol–water partition coefficient (Wildman–Crippen LogP) is 5.28. The lowest BCUT2D eigenvalue weighted by atomic mass is 9.97. The number of rotatable bonds is 5. The normalized spacial score (nSPS) is 15.5. The minimum Gasteiger partial charge on any atom is -0.456 e. The van der Waals surface area contributed by atoms with E-state index in [2.05, 4.69) is 6.07 Å². The Morgan fingerprint density at radius 3 is 2.56 bits per heavy atom. The number of carbonyl (C=O) groups excluding carboxylic acids is 2. The molecule has 3 aromatic carbocycles. The molecular formula is C24H17Cl2N3O3. The number of hydrogen-bond donors (Lipinski definition) is 1. The summed E-state index contributed by atoms with van der Waals surface area (Å²) in [6.07, 6.45) is 0.254. The van der Waals surface area contributed by atoms with Crippen LogP contribution in [0.4, 0.5) is 5.69 Å². The van der Waals surface area contributed by atoms with E-state index in [-0.39, 0.29) is 23.8 Å². The van der Waals surface area contributed by atoms with Crippen molar-refractivity contribution in [2.45, 2.75) is 12.3 Å². The molecule has 1 aliphatic heterocycles. The van der Waals surface area contributed by atoms with E-state index in [1.807, 2.05) is 6.07 Å². The van der Waals surface area contributed by atoms with Crippen molar-refractivity contribution in [2.75, 3.05) is 11.4 Å². The van der Waals surface area contributed by atoms with Gasteiger partial charge in [-0.3, -0.25) is 9.59 Å². The average molecular weight is 466 g/mol. The first-order valence-electron chi connectivity index (χ1n) is 9.73. The Morgan fingerprint density at radius 2 is 1.81 bits per heavy atom. The number of amides is 2. The summed E-state index contributed by atoms with van der Waals surface area (Å²) in [6.45, 7) is 0.394. The maximum absolute atomic E-state index is 12.8. The lowest BCUT2D eigenvalue weighted by Crippen LogP contribution is -2.24. The van der Waals surface area contributed by atoms with E-state index >= 15 is 0 Å². The van der Waals surface area contributed by atoms with Crippen LogP contribution in [-0.2, 0) is 4.79 Å². The summed E-state index contributed by atoms with van der Waals surface area (Å²) in [7, 11) is 0. The van der Waals surface area contributed by atoms with E-state index in [1.165, 1.54) is 6.07 Å². The van der Waals surface area contributed by atoms with Crippen molar-refractivity contribution < 1.29 is 14.3 Å². The fourth-order valence-corrected chi connectivity index (χ4v) is 4.06. The summed E-state index contributed by atoms with van der Waals surface area (Å²) in [5.41, 5.74) is 7.39. The second-order valence-corrected chi connectivity index (χ2v) is 8.23. The molecule has 6 nitrogen and oxygen atoms in total. The number of carbonyl (C=O) groups is 2. The molecule has 2 N–H and O–H groups in total. The van der Waals surface area contributed by atoms with Gasteiger partial charge in [-0.25, -0.2) is 0 Å². The Morgan fingerprint density at radius 1 is 1.06 bits per heavy atom. The number of nitrogens with two attached hydrogens (primary N) is 1. The Hall–Kier alpha value is -3.53. The minimum atomic E-state index is -0.556. The van der Waals surface area contributed by atoms with Crippen LogP contribution in [0.15, 0.2) is 60.7 Å². The summed E-state index contributed by atoms with van der Waals surface area (Å²) in [5.74, 6) is -0.0103. The lowest BCUT2D eigenvalue weighted by molar-refractivity contribution is -0.117. The van der Waals surface area contributed by atoms with Crippen molar-refractivity contribution in [2.24, 2.45) is 5.73 Å². The topological polar surface area (TPSA) is 96.4 Å².